The molecule has 3 aromatic rings. The van der Waals surface area contributed by atoms with Gasteiger partial charge in [-0.25, -0.2) is 9.37 Å². The molecule has 7 nitrogen and oxygen atoms in total. The van der Waals surface area contributed by atoms with Crippen LogP contribution in [0.15, 0.2) is 35.1 Å². The van der Waals surface area contributed by atoms with E-state index in [9.17, 15) is 14.4 Å². The molecule has 5 rings (SSSR count). The maximum Gasteiger partial charge on any atom is 0.295 e. The second-order valence-corrected chi connectivity index (χ2v) is 9.16. The van der Waals surface area contributed by atoms with Crippen LogP contribution in [0.4, 0.5) is 10.1 Å². The van der Waals surface area contributed by atoms with E-state index in [1.165, 1.54) is 10.6 Å². The lowest BCUT2D eigenvalue weighted by Gasteiger charge is -2.50. The average Bonchev–Trinajstić information content (AvgIpc) is 2.80. The Morgan fingerprint density at radius 3 is 2.82 bits per heavy atom. The van der Waals surface area contributed by atoms with Crippen molar-refractivity contribution in [2.45, 2.75) is 32.0 Å². The molecule has 170 valence electrons. The van der Waals surface area contributed by atoms with E-state index in [1.54, 1.807) is 31.3 Å². The first kappa shape index (κ1) is 21.7. The second kappa shape index (κ2) is 8.01. The number of halogens is 2. The molecule has 0 spiro atoms. The monoisotopic (exact) mass is 467 g/mol. The third-order valence-electron chi connectivity index (χ3n) is 6.79. The van der Waals surface area contributed by atoms with Crippen LogP contribution in [0.1, 0.15) is 31.1 Å². The molecule has 2 aromatic heterocycles. The van der Waals surface area contributed by atoms with Crippen molar-refractivity contribution < 1.29 is 9.13 Å². The molecule has 1 aromatic carbocycles. The lowest BCUT2D eigenvalue weighted by Crippen LogP contribution is -2.61. The van der Waals surface area contributed by atoms with Gasteiger partial charge in [-0.3, -0.25) is 9.69 Å². The molecule has 9 heteroatoms. The molecular formula is C24H23ClFN5O2. The van der Waals surface area contributed by atoms with Gasteiger partial charge in [0.05, 0.1) is 11.6 Å². The standard InChI is InChI=1S/C24H23ClFN5O2/c1-13-10-31-17(11-30(13)14(2)18-6-4-15(25)8-19(18)26)12-33-23-22(31)21-20(29(3)24(23)32)7-5-16(9-27)28-21/h4-8,13-14,17H,10-12H2,1-3H3/t13-,14-,17+/m1/s1. The number of aromatic nitrogens is 2. The molecule has 0 radical (unpaired) electrons. The zero-order valence-electron chi connectivity index (χ0n) is 18.5. The van der Waals surface area contributed by atoms with Gasteiger partial charge in [-0.15, -0.1) is 0 Å². The number of fused-ring (bicyclic) bond motifs is 5. The quantitative estimate of drug-likeness (QED) is 0.573. The summed E-state index contributed by atoms with van der Waals surface area (Å²) in [6, 6.07) is 10.1. The Balaban J connectivity index is 1.55. The van der Waals surface area contributed by atoms with Gasteiger partial charge >= 0.3 is 0 Å². The molecule has 1 fully saturated rings. The SMILES string of the molecule is C[C@@H]1CN2c3c(c(=O)n(C)c4ccc(C#N)nc34)OC[C@@H]2CN1[C@H](C)c1ccc(Cl)cc1F. The molecule has 3 atom stereocenters. The fraction of sp³-hybridized carbons (Fsp3) is 0.375. The molecule has 4 heterocycles. The first-order chi connectivity index (χ1) is 15.8. The van der Waals surface area contributed by atoms with Gasteiger partial charge in [0.1, 0.15) is 35.4 Å². The number of hydrogen-bond donors (Lipinski definition) is 0. The van der Waals surface area contributed by atoms with Crippen LogP contribution in [0.2, 0.25) is 5.02 Å². The van der Waals surface area contributed by atoms with Crippen molar-refractivity contribution in [3.05, 3.63) is 62.8 Å². The fourth-order valence-corrected chi connectivity index (χ4v) is 5.20. The van der Waals surface area contributed by atoms with Crippen LogP contribution in [-0.4, -0.2) is 46.2 Å². The van der Waals surface area contributed by atoms with Crippen molar-refractivity contribution in [2.24, 2.45) is 7.05 Å². The van der Waals surface area contributed by atoms with Gasteiger partial charge in [0.25, 0.3) is 5.56 Å². The van der Waals surface area contributed by atoms with Gasteiger partial charge in [0.15, 0.2) is 0 Å². The summed E-state index contributed by atoms with van der Waals surface area (Å²) in [5, 5.41) is 9.74. The topological polar surface area (TPSA) is 74.4 Å². The minimum atomic E-state index is -0.322. The highest BCUT2D eigenvalue weighted by atomic mass is 35.5. The molecule has 0 saturated carbocycles. The number of aryl methyl sites for hydroxylation is 1. The van der Waals surface area contributed by atoms with Crippen molar-refractivity contribution in [3.8, 4) is 11.8 Å². The van der Waals surface area contributed by atoms with E-state index in [-0.39, 0.29) is 40.9 Å². The maximum absolute atomic E-state index is 14.6. The lowest BCUT2D eigenvalue weighted by molar-refractivity contribution is 0.0902. The Bertz CT molecular complexity index is 1370. The molecule has 33 heavy (non-hydrogen) atoms. The highest BCUT2D eigenvalue weighted by Gasteiger charge is 2.41. The van der Waals surface area contributed by atoms with Crippen LogP contribution >= 0.6 is 11.6 Å². The van der Waals surface area contributed by atoms with Crippen molar-refractivity contribution in [1.82, 2.24) is 14.5 Å². The van der Waals surface area contributed by atoms with E-state index in [1.807, 2.05) is 6.92 Å². The lowest BCUT2D eigenvalue weighted by atomic mass is 9.98. The molecule has 0 aliphatic carbocycles. The zero-order valence-corrected chi connectivity index (χ0v) is 19.3. The largest absolute Gasteiger partial charge is 0.484 e. The summed E-state index contributed by atoms with van der Waals surface area (Å²) < 4.78 is 22.1. The first-order valence-electron chi connectivity index (χ1n) is 10.8. The van der Waals surface area contributed by atoms with Crippen LogP contribution in [0, 0.1) is 17.1 Å². The van der Waals surface area contributed by atoms with Gasteiger partial charge in [-0.05, 0) is 38.1 Å². The number of anilines is 1. The normalized spacial score (nSPS) is 21.2. The summed E-state index contributed by atoms with van der Waals surface area (Å²) in [5.74, 6) is -0.0566. The smallest absolute Gasteiger partial charge is 0.295 e. The minimum absolute atomic E-state index is 0.0469. The Kier molecular flexibility index (Phi) is 5.26. The summed E-state index contributed by atoms with van der Waals surface area (Å²) in [7, 11) is 1.68. The van der Waals surface area contributed by atoms with Gasteiger partial charge in [0, 0.05) is 42.8 Å². The van der Waals surface area contributed by atoms with Crippen molar-refractivity contribution in [2.75, 3.05) is 24.6 Å². The van der Waals surface area contributed by atoms with Gasteiger partial charge in [0.2, 0.25) is 5.75 Å². The van der Waals surface area contributed by atoms with E-state index >= 15 is 0 Å². The molecule has 2 aliphatic heterocycles. The van der Waals surface area contributed by atoms with Gasteiger partial charge in [-0.1, -0.05) is 17.7 Å². The third-order valence-corrected chi connectivity index (χ3v) is 7.03. The average molecular weight is 468 g/mol. The van der Waals surface area contributed by atoms with Crippen LogP contribution in [0.25, 0.3) is 11.0 Å². The molecule has 0 unspecified atom stereocenters. The highest BCUT2D eigenvalue weighted by molar-refractivity contribution is 6.30. The van der Waals surface area contributed by atoms with Gasteiger partial charge in [-0.2, -0.15) is 5.26 Å². The summed E-state index contributed by atoms with van der Waals surface area (Å²) in [6.07, 6.45) is 0. The van der Waals surface area contributed by atoms with Crippen molar-refractivity contribution in [1.29, 1.82) is 5.26 Å². The van der Waals surface area contributed by atoms with Crippen LogP contribution in [-0.2, 0) is 7.05 Å². The Morgan fingerprint density at radius 1 is 1.30 bits per heavy atom. The van der Waals surface area contributed by atoms with E-state index < -0.39 is 0 Å². The molecule has 2 aliphatic rings. The Hall–Kier alpha value is -3.15. The maximum atomic E-state index is 14.6. The molecule has 1 saturated heterocycles. The number of piperazine rings is 1. The summed E-state index contributed by atoms with van der Waals surface area (Å²) >= 11 is 5.94. The molecular weight excluding hydrogens is 445 g/mol. The Labute approximate surface area is 195 Å². The molecule has 0 amide bonds. The van der Waals surface area contributed by atoms with E-state index in [2.05, 4.69) is 27.8 Å². The number of nitriles is 1. The number of pyridine rings is 2. The predicted octanol–water partition coefficient (Wildman–Crippen LogP) is 3.63. The Morgan fingerprint density at radius 2 is 2.09 bits per heavy atom. The van der Waals surface area contributed by atoms with Crippen LogP contribution in [0.3, 0.4) is 0 Å². The molecule has 0 bridgehead atoms. The fourth-order valence-electron chi connectivity index (χ4n) is 5.04. The third kappa shape index (κ3) is 3.43. The van der Waals surface area contributed by atoms with Gasteiger partial charge < -0.3 is 14.2 Å². The van der Waals surface area contributed by atoms with E-state index in [0.29, 0.717) is 47.0 Å². The number of hydrogen-bond acceptors (Lipinski definition) is 6. The first-order valence-corrected chi connectivity index (χ1v) is 11.2. The van der Waals surface area contributed by atoms with Crippen LogP contribution < -0.4 is 15.2 Å². The zero-order chi connectivity index (χ0) is 23.4. The predicted molar refractivity (Wildman–Crippen MR) is 124 cm³/mol. The molecule has 0 N–H and O–H groups in total. The number of ether oxygens (including phenoxy) is 1. The summed E-state index contributed by atoms with van der Waals surface area (Å²) in [4.78, 5) is 22.0. The van der Waals surface area contributed by atoms with Crippen molar-refractivity contribution in [3.63, 3.8) is 0 Å². The number of benzene rings is 1. The van der Waals surface area contributed by atoms with E-state index in [0.717, 1.165) is 0 Å². The van der Waals surface area contributed by atoms with E-state index in [4.69, 9.17) is 16.3 Å². The van der Waals surface area contributed by atoms with Crippen LogP contribution in [0.5, 0.6) is 5.75 Å². The van der Waals surface area contributed by atoms with Crippen molar-refractivity contribution >= 4 is 28.3 Å². The second-order valence-electron chi connectivity index (χ2n) is 8.72. The summed E-state index contributed by atoms with van der Waals surface area (Å²) in [6.45, 7) is 5.65. The minimum Gasteiger partial charge on any atom is -0.484 e. The number of rotatable bonds is 2. The summed E-state index contributed by atoms with van der Waals surface area (Å²) in [5.41, 5.74) is 2.51. The highest BCUT2D eigenvalue weighted by Crippen LogP contribution is 2.40. The number of nitrogens with zero attached hydrogens (tertiary/aromatic N) is 5.